The topological polar surface area (TPSA) is 192 Å². The Balaban J connectivity index is 1.61. The van der Waals surface area contributed by atoms with Crippen LogP contribution in [0.2, 0.25) is 0 Å². The van der Waals surface area contributed by atoms with E-state index >= 15 is 0 Å². The van der Waals surface area contributed by atoms with Crippen molar-refractivity contribution in [2.24, 2.45) is 0 Å². The standard InChI is InChI=1S/C23H26O12/c1-32-17(26)7-4-11-2-5-13(6-3-11)34-23-21(30)20(29)19(28)16(35-23)10-33-22(31)12-8-14(24)18(27)15(25)9-12/h2-3,5-6,8-9,16,19-21,23-25,27-30H,4,7,10H2,1H3/t16-,19-,20+,21-,23-/m1/s1. The number of aliphatic hydroxyl groups is 3. The van der Waals surface area contributed by atoms with E-state index in [-0.39, 0.29) is 23.7 Å². The van der Waals surface area contributed by atoms with Crippen molar-refractivity contribution in [1.29, 1.82) is 0 Å². The van der Waals surface area contributed by atoms with E-state index in [0.717, 1.165) is 17.7 Å². The lowest BCUT2D eigenvalue weighted by molar-refractivity contribution is -0.277. The number of rotatable bonds is 8. The molecule has 0 unspecified atom stereocenters. The number of methoxy groups -OCH3 is 1. The van der Waals surface area contributed by atoms with Gasteiger partial charge < -0.3 is 49.6 Å². The second kappa shape index (κ2) is 11.2. The van der Waals surface area contributed by atoms with Crippen LogP contribution in [0.5, 0.6) is 23.0 Å². The van der Waals surface area contributed by atoms with Crippen LogP contribution in [0.1, 0.15) is 22.3 Å². The van der Waals surface area contributed by atoms with Gasteiger partial charge in [0.05, 0.1) is 12.7 Å². The van der Waals surface area contributed by atoms with Crippen LogP contribution in [0.25, 0.3) is 0 Å². The van der Waals surface area contributed by atoms with Crippen molar-refractivity contribution in [2.75, 3.05) is 13.7 Å². The minimum atomic E-state index is -1.68. The largest absolute Gasteiger partial charge is 0.504 e. The Labute approximate surface area is 199 Å². The Morgan fingerprint density at radius 2 is 1.57 bits per heavy atom. The molecule has 12 heteroatoms. The number of aliphatic hydroxyl groups excluding tert-OH is 3. The minimum absolute atomic E-state index is 0.203. The Morgan fingerprint density at radius 1 is 0.943 bits per heavy atom. The molecule has 2 aromatic rings. The van der Waals surface area contributed by atoms with E-state index < -0.39 is 60.5 Å². The molecule has 0 bridgehead atoms. The third-order valence-corrected chi connectivity index (χ3v) is 5.37. The van der Waals surface area contributed by atoms with Gasteiger partial charge in [-0.25, -0.2) is 4.79 Å². The zero-order valence-corrected chi connectivity index (χ0v) is 18.6. The summed E-state index contributed by atoms with van der Waals surface area (Å²) < 4.78 is 20.7. The quantitative estimate of drug-likeness (QED) is 0.212. The van der Waals surface area contributed by atoms with Crippen molar-refractivity contribution in [3.05, 3.63) is 47.5 Å². The SMILES string of the molecule is COC(=O)CCc1ccc(O[C@@H]2O[C@H](COC(=O)c3cc(O)c(O)c(O)c3)[C@@H](O)[C@H](O)[C@H]2O)cc1. The molecule has 1 saturated heterocycles. The molecule has 1 aliphatic rings. The summed E-state index contributed by atoms with van der Waals surface area (Å²) in [5.41, 5.74) is 0.545. The molecule has 35 heavy (non-hydrogen) atoms. The zero-order chi connectivity index (χ0) is 25.7. The normalized spacial score (nSPS) is 23.9. The van der Waals surface area contributed by atoms with Crippen molar-refractivity contribution < 1.29 is 59.2 Å². The van der Waals surface area contributed by atoms with Crippen molar-refractivity contribution in [2.45, 2.75) is 43.5 Å². The Morgan fingerprint density at radius 3 is 2.17 bits per heavy atom. The molecular formula is C23H26O12. The minimum Gasteiger partial charge on any atom is -0.504 e. The molecule has 0 saturated carbocycles. The number of phenolic OH excluding ortho intramolecular Hbond substituents is 3. The smallest absolute Gasteiger partial charge is 0.338 e. The molecule has 0 amide bonds. The molecule has 1 fully saturated rings. The summed E-state index contributed by atoms with van der Waals surface area (Å²) in [5, 5.41) is 59.1. The highest BCUT2D eigenvalue weighted by Gasteiger charge is 2.45. The molecule has 1 aliphatic heterocycles. The maximum atomic E-state index is 12.2. The number of benzene rings is 2. The highest BCUT2D eigenvalue weighted by Crippen LogP contribution is 2.35. The molecule has 0 aromatic heterocycles. The second-order valence-electron chi connectivity index (χ2n) is 7.81. The highest BCUT2D eigenvalue weighted by atomic mass is 16.7. The summed E-state index contributed by atoms with van der Waals surface area (Å²) in [7, 11) is 1.30. The molecule has 5 atom stereocenters. The van der Waals surface area contributed by atoms with Crippen LogP contribution in [-0.4, -0.2) is 87.0 Å². The van der Waals surface area contributed by atoms with E-state index in [1.54, 1.807) is 24.3 Å². The van der Waals surface area contributed by atoms with Crippen LogP contribution < -0.4 is 4.74 Å². The van der Waals surface area contributed by atoms with E-state index in [4.69, 9.17) is 14.2 Å². The van der Waals surface area contributed by atoms with Gasteiger partial charge in [-0.3, -0.25) is 4.79 Å². The maximum absolute atomic E-state index is 12.2. The molecule has 190 valence electrons. The first-order chi connectivity index (χ1) is 16.6. The molecule has 6 N–H and O–H groups in total. The second-order valence-corrected chi connectivity index (χ2v) is 7.81. The van der Waals surface area contributed by atoms with Gasteiger partial charge in [-0.05, 0) is 36.2 Å². The van der Waals surface area contributed by atoms with Gasteiger partial charge in [0, 0.05) is 6.42 Å². The molecule has 3 rings (SSSR count). The van der Waals surface area contributed by atoms with Crippen LogP contribution in [0.3, 0.4) is 0 Å². The third-order valence-electron chi connectivity index (χ3n) is 5.37. The Bertz CT molecular complexity index is 1010. The van der Waals surface area contributed by atoms with E-state index in [1.165, 1.54) is 7.11 Å². The van der Waals surface area contributed by atoms with Crippen LogP contribution in [0, 0.1) is 0 Å². The number of esters is 2. The Kier molecular flexibility index (Phi) is 8.35. The molecule has 12 nitrogen and oxygen atoms in total. The predicted molar refractivity (Wildman–Crippen MR) is 116 cm³/mol. The molecule has 1 heterocycles. The number of phenols is 3. The Hall–Kier alpha value is -3.58. The lowest BCUT2D eigenvalue weighted by Gasteiger charge is -2.39. The third kappa shape index (κ3) is 6.31. The van der Waals surface area contributed by atoms with Gasteiger partial charge in [0.15, 0.2) is 17.2 Å². The van der Waals surface area contributed by atoms with E-state index in [1.807, 2.05) is 0 Å². The molecule has 2 aromatic carbocycles. The number of aromatic hydroxyl groups is 3. The first kappa shape index (κ1) is 26.0. The predicted octanol–water partition coefficient (Wildman–Crippen LogP) is -0.0476. The number of aryl methyl sites for hydroxylation is 1. The molecule has 0 aliphatic carbocycles. The lowest BCUT2D eigenvalue weighted by atomic mass is 9.99. The van der Waals surface area contributed by atoms with Crippen molar-refractivity contribution in [3.63, 3.8) is 0 Å². The summed E-state index contributed by atoms with van der Waals surface area (Å²) >= 11 is 0. The number of ether oxygens (including phenoxy) is 4. The van der Waals surface area contributed by atoms with Gasteiger partial charge in [0.1, 0.15) is 36.8 Å². The fraction of sp³-hybridized carbons (Fsp3) is 0.391. The molecular weight excluding hydrogens is 468 g/mol. The van der Waals surface area contributed by atoms with Crippen LogP contribution in [-0.2, 0) is 25.4 Å². The van der Waals surface area contributed by atoms with Gasteiger partial charge in [-0.1, -0.05) is 12.1 Å². The fourth-order valence-electron chi connectivity index (χ4n) is 3.33. The number of hydrogen-bond donors (Lipinski definition) is 6. The zero-order valence-electron chi connectivity index (χ0n) is 18.6. The summed E-state index contributed by atoms with van der Waals surface area (Å²) in [5.74, 6) is -3.38. The maximum Gasteiger partial charge on any atom is 0.338 e. The molecule has 0 spiro atoms. The van der Waals surface area contributed by atoms with E-state index in [9.17, 15) is 40.2 Å². The van der Waals surface area contributed by atoms with Gasteiger partial charge in [0.25, 0.3) is 0 Å². The van der Waals surface area contributed by atoms with Crippen molar-refractivity contribution in [1.82, 2.24) is 0 Å². The van der Waals surface area contributed by atoms with Gasteiger partial charge >= 0.3 is 11.9 Å². The number of carbonyl (C=O) groups is 2. The average Bonchev–Trinajstić information content (AvgIpc) is 2.85. The van der Waals surface area contributed by atoms with E-state index in [2.05, 4.69) is 4.74 Å². The average molecular weight is 494 g/mol. The van der Waals surface area contributed by atoms with Crippen LogP contribution in [0.15, 0.2) is 36.4 Å². The van der Waals surface area contributed by atoms with Crippen molar-refractivity contribution >= 4 is 11.9 Å². The fourth-order valence-corrected chi connectivity index (χ4v) is 3.33. The van der Waals surface area contributed by atoms with E-state index in [0.29, 0.717) is 6.42 Å². The van der Waals surface area contributed by atoms with Gasteiger partial charge in [0.2, 0.25) is 6.29 Å². The van der Waals surface area contributed by atoms with Crippen LogP contribution >= 0.6 is 0 Å². The monoisotopic (exact) mass is 494 g/mol. The summed E-state index contributed by atoms with van der Waals surface area (Å²) in [6, 6.07) is 8.27. The van der Waals surface area contributed by atoms with Crippen LogP contribution in [0.4, 0.5) is 0 Å². The summed E-state index contributed by atoms with van der Waals surface area (Å²) in [4.78, 5) is 23.5. The lowest BCUT2D eigenvalue weighted by Crippen LogP contribution is -2.60. The summed E-state index contributed by atoms with van der Waals surface area (Å²) in [6.45, 7) is -0.571. The highest BCUT2D eigenvalue weighted by molar-refractivity contribution is 5.91. The summed E-state index contributed by atoms with van der Waals surface area (Å²) in [6.07, 6.45) is -6.99. The molecule has 0 radical (unpaired) electrons. The number of hydrogen-bond acceptors (Lipinski definition) is 12. The van der Waals surface area contributed by atoms with Gasteiger partial charge in [-0.2, -0.15) is 0 Å². The van der Waals surface area contributed by atoms with Crippen molar-refractivity contribution in [3.8, 4) is 23.0 Å². The first-order valence-corrected chi connectivity index (χ1v) is 10.5. The first-order valence-electron chi connectivity index (χ1n) is 10.5. The number of carbonyl (C=O) groups excluding carboxylic acids is 2. The van der Waals surface area contributed by atoms with Gasteiger partial charge in [-0.15, -0.1) is 0 Å².